The predicted octanol–water partition coefficient (Wildman–Crippen LogP) is 0.455. The molecule has 0 saturated carbocycles. The van der Waals surface area contributed by atoms with Crippen LogP contribution in [0.5, 0.6) is 0 Å². The summed E-state index contributed by atoms with van der Waals surface area (Å²) in [6.45, 7) is 2.19. The molecule has 0 bridgehead atoms. The number of nitrogens with zero attached hydrogens (tertiary/aromatic N) is 5. The number of pyridine rings is 1. The molecule has 0 aliphatic heterocycles. The van der Waals surface area contributed by atoms with E-state index in [0.29, 0.717) is 24.2 Å². The molecule has 3 aromatic heterocycles. The lowest BCUT2D eigenvalue weighted by Crippen LogP contribution is -2.17. The minimum atomic E-state index is -0.149. The fraction of sp³-hybridized carbons (Fsp3) is 0.154. The third-order valence-corrected chi connectivity index (χ3v) is 2.94. The summed E-state index contributed by atoms with van der Waals surface area (Å²) in [7, 11) is 0. The highest BCUT2D eigenvalue weighted by atomic mass is 16.1. The molecular formula is C13H11N5O2. The molecule has 0 radical (unpaired) electrons. The van der Waals surface area contributed by atoms with E-state index in [1.165, 1.54) is 21.3 Å². The van der Waals surface area contributed by atoms with Crippen LogP contribution in [0, 0.1) is 6.92 Å². The normalized spacial score (nSPS) is 10.8. The minimum absolute atomic E-state index is 0.149. The quantitative estimate of drug-likeness (QED) is 0.645. The molecule has 0 unspecified atom stereocenters. The highest BCUT2D eigenvalue weighted by Crippen LogP contribution is 2.06. The first-order valence-electron chi connectivity index (χ1n) is 6.00. The molecule has 0 saturated heterocycles. The molecule has 0 N–H and O–H groups in total. The van der Waals surface area contributed by atoms with Gasteiger partial charge in [0.05, 0.1) is 18.4 Å². The fourth-order valence-corrected chi connectivity index (χ4v) is 2.00. The second-order valence-corrected chi connectivity index (χ2v) is 4.43. The topological polar surface area (TPSA) is 82.2 Å². The third-order valence-electron chi connectivity index (χ3n) is 2.94. The minimum Gasteiger partial charge on any atom is -0.296 e. The van der Waals surface area contributed by atoms with Gasteiger partial charge in [0.25, 0.3) is 5.56 Å². The van der Waals surface area contributed by atoms with Crippen molar-refractivity contribution >= 4 is 11.9 Å². The average Bonchev–Trinajstić information content (AvgIpc) is 2.88. The van der Waals surface area contributed by atoms with Gasteiger partial charge in [0.15, 0.2) is 6.29 Å². The van der Waals surface area contributed by atoms with Gasteiger partial charge in [-0.05, 0) is 18.6 Å². The molecule has 3 heterocycles. The third kappa shape index (κ3) is 2.09. The van der Waals surface area contributed by atoms with Crippen LogP contribution in [0.4, 0.5) is 0 Å². The molecular weight excluding hydrogens is 258 g/mol. The van der Waals surface area contributed by atoms with Gasteiger partial charge in [-0.25, -0.2) is 9.67 Å². The van der Waals surface area contributed by atoms with E-state index >= 15 is 0 Å². The van der Waals surface area contributed by atoms with Gasteiger partial charge in [0, 0.05) is 12.3 Å². The molecule has 100 valence electrons. The molecule has 0 amide bonds. The number of aromatic nitrogens is 5. The second kappa shape index (κ2) is 4.69. The Morgan fingerprint density at radius 2 is 2.25 bits per heavy atom. The van der Waals surface area contributed by atoms with Crippen LogP contribution in [-0.4, -0.2) is 30.7 Å². The maximum atomic E-state index is 12.0. The Kier molecular flexibility index (Phi) is 2.86. The van der Waals surface area contributed by atoms with Crippen molar-refractivity contribution in [2.24, 2.45) is 0 Å². The summed E-state index contributed by atoms with van der Waals surface area (Å²) in [6, 6.07) is 5.15. The second-order valence-electron chi connectivity index (χ2n) is 4.43. The van der Waals surface area contributed by atoms with Gasteiger partial charge in [0.1, 0.15) is 11.3 Å². The Hall–Kier alpha value is -2.83. The van der Waals surface area contributed by atoms with Crippen molar-refractivity contribution in [3.8, 4) is 0 Å². The summed E-state index contributed by atoms with van der Waals surface area (Å²) in [4.78, 5) is 27.0. The van der Waals surface area contributed by atoms with Crippen LogP contribution < -0.4 is 5.56 Å². The molecule has 0 atom stereocenters. The molecule has 0 aromatic carbocycles. The number of hydrogen-bond acceptors (Lipinski definition) is 5. The first-order valence-corrected chi connectivity index (χ1v) is 6.00. The maximum Gasteiger partial charge on any atom is 0.258 e. The lowest BCUT2D eigenvalue weighted by molar-refractivity contribution is 0.111. The van der Waals surface area contributed by atoms with Crippen molar-refractivity contribution in [2.75, 3.05) is 0 Å². The molecule has 20 heavy (non-hydrogen) atoms. The van der Waals surface area contributed by atoms with Crippen molar-refractivity contribution in [3.05, 3.63) is 57.9 Å². The van der Waals surface area contributed by atoms with Crippen LogP contribution in [0.1, 0.15) is 21.7 Å². The molecule has 3 aromatic rings. The van der Waals surface area contributed by atoms with Crippen LogP contribution >= 0.6 is 0 Å². The van der Waals surface area contributed by atoms with E-state index in [0.717, 1.165) is 5.56 Å². The van der Waals surface area contributed by atoms with Gasteiger partial charge in [-0.1, -0.05) is 11.3 Å². The van der Waals surface area contributed by atoms with Crippen LogP contribution in [-0.2, 0) is 6.54 Å². The van der Waals surface area contributed by atoms with Crippen molar-refractivity contribution in [2.45, 2.75) is 13.5 Å². The zero-order valence-electron chi connectivity index (χ0n) is 10.7. The molecule has 7 nitrogen and oxygen atoms in total. The van der Waals surface area contributed by atoms with E-state index in [2.05, 4.69) is 15.3 Å². The summed E-state index contributed by atoms with van der Waals surface area (Å²) in [5.41, 5.74) is 2.21. The van der Waals surface area contributed by atoms with E-state index < -0.39 is 0 Å². The molecule has 3 rings (SSSR count). The Morgan fingerprint density at radius 3 is 3.00 bits per heavy atom. The summed E-state index contributed by atoms with van der Waals surface area (Å²) in [5, 5.41) is 7.47. The van der Waals surface area contributed by atoms with E-state index in [9.17, 15) is 9.59 Å². The van der Waals surface area contributed by atoms with Gasteiger partial charge in [0.2, 0.25) is 0 Å². The van der Waals surface area contributed by atoms with E-state index in [1.54, 1.807) is 12.3 Å². The SMILES string of the molecule is Cc1cccn2c(=O)cc(Cn3cc(C=O)nn3)nc12. The fourth-order valence-electron chi connectivity index (χ4n) is 2.00. The first kappa shape index (κ1) is 12.2. The van der Waals surface area contributed by atoms with Crippen LogP contribution in [0.15, 0.2) is 35.4 Å². The summed E-state index contributed by atoms with van der Waals surface area (Å²) in [6.07, 6.45) is 3.81. The number of hydrogen-bond donors (Lipinski definition) is 0. The predicted molar refractivity (Wildman–Crippen MR) is 70.7 cm³/mol. The van der Waals surface area contributed by atoms with Crippen LogP contribution in [0.25, 0.3) is 5.65 Å². The maximum absolute atomic E-state index is 12.0. The number of aryl methyl sites for hydroxylation is 1. The van der Waals surface area contributed by atoms with E-state index in [4.69, 9.17) is 0 Å². The highest BCUT2D eigenvalue weighted by Gasteiger charge is 2.06. The number of carbonyl (C=O) groups is 1. The van der Waals surface area contributed by atoms with E-state index in [1.807, 2.05) is 13.0 Å². The lowest BCUT2D eigenvalue weighted by atomic mass is 10.3. The Labute approximate surface area is 113 Å². The van der Waals surface area contributed by atoms with Crippen LogP contribution in [0.3, 0.4) is 0 Å². The highest BCUT2D eigenvalue weighted by molar-refractivity contribution is 5.70. The molecule has 0 spiro atoms. The Balaban J connectivity index is 2.06. The first-order chi connectivity index (χ1) is 9.67. The van der Waals surface area contributed by atoms with E-state index in [-0.39, 0.29) is 11.3 Å². The summed E-state index contributed by atoms with van der Waals surface area (Å²) >= 11 is 0. The van der Waals surface area contributed by atoms with Gasteiger partial charge >= 0.3 is 0 Å². The molecule has 0 fully saturated rings. The van der Waals surface area contributed by atoms with Crippen molar-refractivity contribution in [1.29, 1.82) is 0 Å². The standard InChI is InChI=1S/C13H11N5O2/c1-9-3-2-4-18-12(20)5-10(14-13(9)18)6-17-7-11(8-19)15-16-17/h2-5,7-8H,6H2,1H3. The Morgan fingerprint density at radius 1 is 1.40 bits per heavy atom. The Bertz CT molecular complexity index is 849. The molecule has 0 aliphatic carbocycles. The number of rotatable bonds is 3. The van der Waals surface area contributed by atoms with Gasteiger partial charge in [-0.2, -0.15) is 0 Å². The smallest absolute Gasteiger partial charge is 0.258 e. The molecule has 0 aliphatic rings. The van der Waals surface area contributed by atoms with Crippen molar-refractivity contribution < 1.29 is 4.79 Å². The number of carbonyl (C=O) groups excluding carboxylic acids is 1. The number of fused-ring (bicyclic) bond motifs is 1. The van der Waals surface area contributed by atoms with Crippen LogP contribution in [0.2, 0.25) is 0 Å². The average molecular weight is 269 g/mol. The van der Waals surface area contributed by atoms with Gasteiger partial charge in [-0.15, -0.1) is 5.10 Å². The monoisotopic (exact) mass is 269 g/mol. The number of aldehydes is 1. The lowest BCUT2D eigenvalue weighted by Gasteiger charge is -2.05. The largest absolute Gasteiger partial charge is 0.296 e. The van der Waals surface area contributed by atoms with Crippen molar-refractivity contribution in [3.63, 3.8) is 0 Å². The summed E-state index contributed by atoms with van der Waals surface area (Å²) in [5.74, 6) is 0. The van der Waals surface area contributed by atoms with Crippen molar-refractivity contribution in [1.82, 2.24) is 24.4 Å². The molecule has 7 heteroatoms. The van der Waals surface area contributed by atoms with Gasteiger partial charge in [-0.3, -0.25) is 14.0 Å². The zero-order chi connectivity index (χ0) is 14.1. The zero-order valence-corrected chi connectivity index (χ0v) is 10.7. The summed E-state index contributed by atoms with van der Waals surface area (Å²) < 4.78 is 2.97. The van der Waals surface area contributed by atoms with Gasteiger partial charge < -0.3 is 0 Å².